The van der Waals surface area contributed by atoms with Crippen molar-refractivity contribution < 1.29 is 14.6 Å². The molecule has 0 amide bonds. The van der Waals surface area contributed by atoms with Gasteiger partial charge in [0.15, 0.2) is 11.5 Å². The molecule has 0 bridgehead atoms. The van der Waals surface area contributed by atoms with E-state index in [1.165, 1.54) is 0 Å². The summed E-state index contributed by atoms with van der Waals surface area (Å²) in [5, 5.41) is 14.0. The van der Waals surface area contributed by atoms with Crippen molar-refractivity contribution in [3.63, 3.8) is 0 Å². The van der Waals surface area contributed by atoms with Crippen LogP contribution in [0.2, 0.25) is 0 Å². The molecule has 4 N–H and O–H groups in total. The topological polar surface area (TPSA) is 106 Å². The Balaban J connectivity index is 0.00000131. The Hall–Kier alpha value is -1.74. The van der Waals surface area contributed by atoms with E-state index in [0.29, 0.717) is 34.7 Å². The normalized spacial score (nSPS) is 23.5. The van der Waals surface area contributed by atoms with Crippen molar-refractivity contribution in [1.82, 2.24) is 15.3 Å². The van der Waals surface area contributed by atoms with Crippen LogP contribution in [0.3, 0.4) is 0 Å². The van der Waals surface area contributed by atoms with Crippen LogP contribution in [-0.4, -0.2) is 62.1 Å². The minimum atomic E-state index is -0.120. The number of nitrogen functional groups attached to an aromatic ring is 1. The molecule has 8 nitrogen and oxygen atoms in total. The number of rotatable bonds is 4. The number of anilines is 2. The molecule has 2 unspecified atom stereocenters. The molecule has 4 rings (SSSR count). The summed E-state index contributed by atoms with van der Waals surface area (Å²) in [6.07, 6.45) is 0. The van der Waals surface area contributed by atoms with Gasteiger partial charge in [0.05, 0.1) is 26.3 Å². The van der Waals surface area contributed by atoms with Gasteiger partial charge in [0.2, 0.25) is 5.95 Å². The third-order valence-electron chi connectivity index (χ3n) is 5.50. The number of methoxy groups -OCH3 is 2. The van der Waals surface area contributed by atoms with Gasteiger partial charge in [-0.3, -0.25) is 0 Å². The number of hydrogen-bond donors (Lipinski definition) is 3. The number of nitrogens with zero attached hydrogens (tertiary/aromatic N) is 3. The number of fused-ring (bicyclic) bond motifs is 2. The number of benzene rings is 1. The van der Waals surface area contributed by atoms with Crippen LogP contribution in [0.4, 0.5) is 11.8 Å². The Morgan fingerprint density at radius 3 is 2.59 bits per heavy atom. The molecule has 3 heterocycles. The Kier molecular flexibility index (Phi) is 6.47. The minimum absolute atomic E-state index is 0. The number of nitrogens with one attached hydrogen (secondary N) is 1. The number of ether oxygens (including phenoxy) is 2. The van der Waals surface area contributed by atoms with Gasteiger partial charge < -0.3 is 30.5 Å². The fourth-order valence-electron chi connectivity index (χ4n) is 4.01. The number of halogens is 2. The van der Waals surface area contributed by atoms with Crippen molar-refractivity contribution >= 4 is 47.5 Å². The van der Waals surface area contributed by atoms with E-state index in [0.717, 1.165) is 31.6 Å². The molecule has 2 atom stereocenters. The van der Waals surface area contributed by atoms with E-state index in [2.05, 4.69) is 15.2 Å². The van der Waals surface area contributed by atoms with Crippen LogP contribution in [-0.2, 0) is 0 Å². The van der Waals surface area contributed by atoms with E-state index in [1.54, 1.807) is 20.3 Å². The van der Waals surface area contributed by atoms with Crippen LogP contribution >= 0.6 is 24.8 Å². The lowest BCUT2D eigenvalue weighted by Crippen LogP contribution is -2.36. The second-order valence-corrected chi connectivity index (χ2v) is 6.86. The first kappa shape index (κ1) is 21.6. The molecule has 0 spiro atoms. The molecule has 0 saturated carbocycles. The van der Waals surface area contributed by atoms with Crippen molar-refractivity contribution in [2.75, 3.05) is 57.6 Å². The van der Waals surface area contributed by atoms with E-state index in [4.69, 9.17) is 20.2 Å². The van der Waals surface area contributed by atoms with Gasteiger partial charge in [-0.2, -0.15) is 4.98 Å². The van der Waals surface area contributed by atoms with E-state index < -0.39 is 0 Å². The third-order valence-corrected chi connectivity index (χ3v) is 5.50. The largest absolute Gasteiger partial charge is 0.493 e. The maximum Gasteiger partial charge on any atom is 0.227 e. The molecule has 1 aromatic carbocycles. The Labute approximate surface area is 170 Å². The molecule has 2 aliphatic heterocycles. The van der Waals surface area contributed by atoms with E-state index in [9.17, 15) is 5.11 Å². The number of nitrogens with two attached hydrogens (primary N) is 1. The van der Waals surface area contributed by atoms with Crippen molar-refractivity contribution in [1.29, 1.82) is 0 Å². The highest BCUT2D eigenvalue weighted by Crippen LogP contribution is 2.40. The predicted octanol–water partition coefficient (Wildman–Crippen LogP) is 1.09. The summed E-state index contributed by atoms with van der Waals surface area (Å²) in [5.41, 5.74) is 6.78. The second-order valence-electron chi connectivity index (χ2n) is 6.86. The molecule has 2 fully saturated rings. The standard InChI is InChI=1S/C17H23N5O3.2ClH/c1-24-13-3-11-12(4-14(13)25-2)20-16(21-15(11)18)22-6-10-5-19-7-17(10,8-22)9-23;;/h3-4,10,19,23H,5-9H2,1-2H3,(H2,18,20,21);2*1H. The van der Waals surface area contributed by atoms with Crippen LogP contribution in [0.5, 0.6) is 11.5 Å². The monoisotopic (exact) mass is 417 g/mol. The lowest BCUT2D eigenvalue weighted by atomic mass is 9.82. The average molecular weight is 418 g/mol. The first-order valence-electron chi connectivity index (χ1n) is 8.36. The summed E-state index contributed by atoms with van der Waals surface area (Å²) >= 11 is 0. The summed E-state index contributed by atoms with van der Waals surface area (Å²) in [7, 11) is 3.18. The molecular weight excluding hydrogens is 393 g/mol. The van der Waals surface area contributed by atoms with Gasteiger partial charge in [-0.05, 0) is 12.0 Å². The second kappa shape index (κ2) is 8.10. The predicted molar refractivity (Wildman–Crippen MR) is 110 cm³/mol. The van der Waals surface area contributed by atoms with E-state index >= 15 is 0 Å². The molecule has 10 heteroatoms. The molecule has 150 valence electrons. The van der Waals surface area contributed by atoms with Crippen LogP contribution < -0.4 is 25.4 Å². The average Bonchev–Trinajstić information content (AvgIpc) is 3.18. The van der Waals surface area contributed by atoms with Crippen LogP contribution in [0, 0.1) is 11.3 Å². The fraction of sp³-hybridized carbons (Fsp3) is 0.529. The highest BCUT2D eigenvalue weighted by Gasteiger charge is 2.49. The molecule has 0 radical (unpaired) electrons. The first-order valence-corrected chi connectivity index (χ1v) is 8.36. The summed E-state index contributed by atoms with van der Waals surface area (Å²) in [6.45, 7) is 3.42. The Morgan fingerprint density at radius 2 is 1.96 bits per heavy atom. The minimum Gasteiger partial charge on any atom is -0.493 e. The summed E-state index contributed by atoms with van der Waals surface area (Å²) in [6, 6.07) is 3.61. The fourth-order valence-corrected chi connectivity index (χ4v) is 4.01. The molecule has 2 aliphatic rings. The highest BCUT2D eigenvalue weighted by molar-refractivity contribution is 5.91. The Morgan fingerprint density at radius 1 is 1.26 bits per heavy atom. The summed E-state index contributed by atoms with van der Waals surface area (Å²) in [4.78, 5) is 11.3. The van der Waals surface area contributed by atoms with Gasteiger partial charge in [0.25, 0.3) is 0 Å². The first-order chi connectivity index (χ1) is 12.1. The van der Waals surface area contributed by atoms with Gasteiger partial charge in [0, 0.05) is 43.0 Å². The number of aliphatic hydroxyl groups is 1. The third kappa shape index (κ3) is 3.42. The number of hydrogen-bond acceptors (Lipinski definition) is 8. The highest BCUT2D eigenvalue weighted by atomic mass is 35.5. The SMILES string of the molecule is COc1cc2nc(N3CC4CNCC4(CO)C3)nc(N)c2cc1OC.Cl.Cl. The molecule has 1 aromatic heterocycles. The van der Waals surface area contributed by atoms with Gasteiger partial charge in [-0.25, -0.2) is 4.98 Å². The lowest BCUT2D eigenvalue weighted by molar-refractivity contribution is 0.135. The maximum atomic E-state index is 9.88. The summed E-state index contributed by atoms with van der Waals surface area (Å²) < 4.78 is 10.7. The van der Waals surface area contributed by atoms with Gasteiger partial charge in [-0.15, -0.1) is 24.8 Å². The van der Waals surface area contributed by atoms with Gasteiger partial charge in [-0.1, -0.05) is 0 Å². The van der Waals surface area contributed by atoms with E-state index in [1.807, 2.05) is 6.07 Å². The van der Waals surface area contributed by atoms with Crippen LogP contribution in [0.15, 0.2) is 12.1 Å². The summed E-state index contributed by atoms with van der Waals surface area (Å²) in [5.74, 6) is 2.60. The lowest BCUT2D eigenvalue weighted by Gasteiger charge is -2.25. The van der Waals surface area contributed by atoms with Gasteiger partial charge in [0.1, 0.15) is 5.82 Å². The van der Waals surface area contributed by atoms with Crippen LogP contribution in [0.25, 0.3) is 10.9 Å². The van der Waals surface area contributed by atoms with Gasteiger partial charge >= 0.3 is 0 Å². The molecule has 2 aromatic rings. The number of aromatic nitrogens is 2. The molecule has 0 aliphatic carbocycles. The van der Waals surface area contributed by atoms with E-state index in [-0.39, 0.29) is 36.8 Å². The van der Waals surface area contributed by atoms with Crippen molar-refractivity contribution in [3.05, 3.63) is 12.1 Å². The van der Waals surface area contributed by atoms with Crippen molar-refractivity contribution in [3.8, 4) is 11.5 Å². The zero-order chi connectivity index (χ0) is 17.6. The van der Waals surface area contributed by atoms with Crippen molar-refractivity contribution in [2.45, 2.75) is 0 Å². The Bertz CT molecular complexity index is 825. The van der Waals surface area contributed by atoms with Crippen molar-refractivity contribution in [2.24, 2.45) is 11.3 Å². The quantitative estimate of drug-likeness (QED) is 0.678. The molecule has 27 heavy (non-hydrogen) atoms. The maximum absolute atomic E-state index is 9.88. The smallest absolute Gasteiger partial charge is 0.227 e. The zero-order valence-corrected chi connectivity index (χ0v) is 16.9. The number of aliphatic hydroxyl groups excluding tert-OH is 1. The molecular formula is C17H25Cl2N5O3. The van der Waals surface area contributed by atoms with Crippen LogP contribution in [0.1, 0.15) is 0 Å². The zero-order valence-electron chi connectivity index (χ0n) is 15.3. The molecule has 2 saturated heterocycles.